The average molecular weight is 499 g/mol. The number of rotatable bonds is 8. The SMILES string of the molecule is COc1ccc(CCN(C)C(=O)/C=C/c2c(-c3ccc4c(c3)OCO4)n(C)c3ccccc23)cc1OC. The van der Waals surface area contributed by atoms with Crippen molar-refractivity contribution in [2.45, 2.75) is 6.42 Å². The summed E-state index contributed by atoms with van der Waals surface area (Å²) in [6.07, 6.45) is 4.26. The highest BCUT2D eigenvalue weighted by molar-refractivity contribution is 6.01. The molecule has 1 amide bonds. The molecule has 3 aromatic carbocycles. The lowest BCUT2D eigenvalue weighted by Gasteiger charge is -2.16. The van der Waals surface area contributed by atoms with Crippen molar-refractivity contribution in [2.75, 3.05) is 34.6 Å². The Morgan fingerprint density at radius 2 is 1.78 bits per heavy atom. The molecule has 0 saturated heterocycles. The molecule has 1 aliphatic rings. The van der Waals surface area contributed by atoms with Gasteiger partial charge in [0.25, 0.3) is 0 Å². The lowest BCUT2D eigenvalue weighted by molar-refractivity contribution is -0.124. The third-order valence-corrected chi connectivity index (χ3v) is 6.74. The zero-order valence-electron chi connectivity index (χ0n) is 21.5. The van der Waals surface area contributed by atoms with Crippen molar-refractivity contribution in [3.05, 3.63) is 77.9 Å². The second-order valence-electron chi connectivity index (χ2n) is 8.94. The highest BCUT2D eigenvalue weighted by Crippen LogP contribution is 2.40. The minimum Gasteiger partial charge on any atom is -0.493 e. The fourth-order valence-corrected chi connectivity index (χ4v) is 4.71. The van der Waals surface area contributed by atoms with Gasteiger partial charge in [0.2, 0.25) is 12.7 Å². The molecule has 7 heteroatoms. The molecule has 190 valence electrons. The fraction of sp³-hybridized carbons (Fsp3) is 0.233. The molecule has 0 aliphatic carbocycles. The minimum absolute atomic E-state index is 0.0648. The zero-order valence-corrected chi connectivity index (χ0v) is 21.5. The number of aryl methyl sites for hydroxylation is 1. The van der Waals surface area contributed by atoms with E-state index in [-0.39, 0.29) is 12.7 Å². The summed E-state index contributed by atoms with van der Waals surface area (Å²) in [4.78, 5) is 14.8. The molecule has 0 radical (unpaired) electrons. The lowest BCUT2D eigenvalue weighted by Crippen LogP contribution is -2.27. The van der Waals surface area contributed by atoms with E-state index in [1.165, 1.54) is 0 Å². The van der Waals surface area contributed by atoms with E-state index < -0.39 is 0 Å². The van der Waals surface area contributed by atoms with Gasteiger partial charge in [0.15, 0.2) is 23.0 Å². The first-order chi connectivity index (χ1) is 18.0. The number of likely N-dealkylation sites (N-methyl/N-ethyl adjacent to an activating group) is 1. The van der Waals surface area contributed by atoms with Crippen LogP contribution in [0.2, 0.25) is 0 Å². The van der Waals surface area contributed by atoms with Crippen LogP contribution in [0.15, 0.2) is 66.7 Å². The maximum atomic E-state index is 13.1. The van der Waals surface area contributed by atoms with Crippen LogP contribution in [0.3, 0.4) is 0 Å². The van der Waals surface area contributed by atoms with Gasteiger partial charge in [0.1, 0.15) is 0 Å². The normalized spacial score (nSPS) is 12.3. The van der Waals surface area contributed by atoms with Gasteiger partial charge < -0.3 is 28.4 Å². The smallest absolute Gasteiger partial charge is 0.246 e. The molecule has 5 rings (SSSR count). The maximum absolute atomic E-state index is 13.1. The Hall–Kier alpha value is -4.39. The summed E-state index contributed by atoms with van der Waals surface area (Å²) in [5.74, 6) is 2.77. The van der Waals surface area contributed by atoms with Gasteiger partial charge in [-0.25, -0.2) is 0 Å². The topological polar surface area (TPSA) is 62.2 Å². The van der Waals surface area contributed by atoms with Gasteiger partial charge in [-0.05, 0) is 54.5 Å². The number of hydrogen-bond donors (Lipinski definition) is 0. The summed E-state index contributed by atoms with van der Waals surface area (Å²) in [5, 5.41) is 1.08. The number of carbonyl (C=O) groups excluding carboxylic acids is 1. The molecule has 0 atom stereocenters. The maximum Gasteiger partial charge on any atom is 0.246 e. The van der Waals surface area contributed by atoms with Gasteiger partial charge >= 0.3 is 0 Å². The molecule has 1 aliphatic heterocycles. The van der Waals surface area contributed by atoms with E-state index >= 15 is 0 Å². The van der Waals surface area contributed by atoms with Gasteiger partial charge in [-0.1, -0.05) is 24.3 Å². The first kappa shape index (κ1) is 24.3. The van der Waals surface area contributed by atoms with E-state index in [9.17, 15) is 4.79 Å². The predicted octanol–water partition coefficient (Wildman–Crippen LogP) is 5.31. The van der Waals surface area contributed by atoms with Crippen molar-refractivity contribution in [1.82, 2.24) is 9.47 Å². The quantitative estimate of drug-likeness (QED) is 0.308. The van der Waals surface area contributed by atoms with Crippen LogP contribution in [0.25, 0.3) is 28.2 Å². The van der Waals surface area contributed by atoms with Crippen molar-refractivity contribution in [3.63, 3.8) is 0 Å². The van der Waals surface area contributed by atoms with Gasteiger partial charge in [-0.2, -0.15) is 0 Å². The molecule has 0 fully saturated rings. The number of methoxy groups -OCH3 is 2. The first-order valence-corrected chi connectivity index (χ1v) is 12.1. The largest absolute Gasteiger partial charge is 0.493 e. The van der Waals surface area contributed by atoms with E-state index in [1.54, 1.807) is 25.2 Å². The zero-order chi connectivity index (χ0) is 25.9. The summed E-state index contributed by atoms with van der Waals surface area (Å²) < 4.78 is 24.0. The van der Waals surface area contributed by atoms with Crippen molar-refractivity contribution in [1.29, 1.82) is 0 Å². The second kappa shape index (κ2) is 10.3. The number of nitrogens with zero attached hydrogens (tertiary/aromatic N) is 2. The number of fused-ring (bicyclic) bond motifs is 2. The molecular formula is C30H30N2O5. The summed E-state index contributed by atoms with van der Waals surface area (Å²) in [7, 11) is 7.09. The first-order valence-electron chi connectivity index (χ1n) is 12.1. The standard InChI is InChI=1S/C30H30N2O5/c1-31(16-15-20-9-12-25(34-3)27(17-20)35-4)29(33)14-11-23-22-7-5-6-8-24(22)32(2)30(23)21-10-13-26-28(18-21)37-19-36-26/h5-14,17-18H,15-16,19H2,1-4H3/b14-11+. The van der Waals surface area contributed by atoms with Crippen LogP contribution in [-0.2, 0) is 18.3 Å². The summed E-state index contributed by atoms with van der Waals surface area (Å²) in [6, 6.07) is 20.0. The molecule has 0 N–H and O–H groups in total. The number of para-hydroxylation sites is 1. The molecule has 0 saturated carbocycles. The molecule has 2 heterocycles. The van der Waals surface area contributed by atoms with E-state index in [4.69, 9.17) is 18.9 Å². The Morgan fingerprint density at radius 3 is 2.59 bits per heavy atom. The number of amides is 1. The molecular weight excluding hydrogens is 468 g/mol. The number of benzene rings is 3. The van der Waals surface area contributed by atoms with E-state index in [0.717, 1.165) is 44.8 Å². The number of hydrogen-bond acceptors (Lipinski definition) is 5. The summed E-state index contributed by atoms with van der Waals surface area (Å²) in [5.41, 5.74) is 5.15. The van der Waals surface area contributed by atoms with Crippen molar-refractivity contribution < 1.29 is 23.7 Å². The Kier molecular flexibility index (Phi) is 6.77. The van der Waals surface area contributed by atoms with E-state index in [1.807, 2.05) is 68.7 Å². The molecule has 0 spiro atoms. The Bertz CT molecular complexity index is 1490. The highest BCUT2D eigenvalue weighted by Gasteiger charge is 2.19. The summed E-state index contributed by atoms with van der Waals surface area (Å²) >= 11 is 0. The van der Waals surface area contributed by atoms with Crippen molar-refractivity contribution in [2.24, 2.45) is 7.05 Å². The summed E-state index contributed by atoms with van der Waals surface area (Å²) in [6.45, 7) is 0.800. The van der Waals surface area contributed by atoms with Gasteiger partial charge in [-0.3, -0.25) is 4.79 Å². The van der Waals surface area contributed by atoms with Crippen LogP contribution in [0.5, 0.6) is 23.0 Å². The number of ether oxygens (including phenoxy) is 4. The van der Waals surface area contributed by atoms with Gasteiger partial charge in [0, 0.05) is 48.7 Å². The Morgan fingerprint density at radius 1 is 1.00 bits per heavy atom. The molecule has 4 aromatic rings. The molecule has 7 nitrogen and oxygen atoms in total. The molecule has 1 aromatic heterocycles. The molecule has 0 bridgehead atoms. The third-order valence-electron chi connectivity index (χ3n) is 6.74. The second-order valence-corrected chi connectivity index (χ2v) is 8.94. The monoisotopic (exact) mass is 498 g/mol. The average Bonchev–Trinajstić information content (AvgIpc) is 3.51. The minimum atomic E-state index is -0.0648. The van der Waals surface area contributed by atoms with E-state index in [2.05, 4.69) is 16.7 Å². The van der Waals surface area contributed by atoms with Crippen LogP contribution in [-0.4, -0.2) is 50.0 Å². The van der Waals surface area contributed by atoms with E-state index in [0.29, 0.717) is 24.5 Å². The van der Waals surface area contributed by atoms with Gasteiger partial charge in [-0.15, -0.1) is 0 Å². The lowest BCUT2D eigenvalue weighted by atomic mass is 10.0. The van der Waals surface area contributed by atoms with Crippen LogP contribution in [0, 0.1) is 0 Å². The Balaban J connectivity index is 1.39. The van der Waals surface area contributed by atoms with Crippen molar-refractivity contribution >= 4 is 22.9 Å². The number of aromatic nitrogens is 1. The van der Waals surface area contributed by atoms with Crippen molar-refractivity contribution in [3.8, 4) is 34.3 Å². The predicted molar refractivity (Wildman–Crippen MR) is 144 cm³/mol. The third kappa shape index (κ3) is 4.72. The molecule has 37 heavy (non-hydrogen) atoms. The van der Waals surface area contributed by atoms with Crippen LogP contribution in [0.4, 0.5) is 0 Å². The fourth-order valence-electron chi connectivity index (χ4n) is 4.71. The highest BCUT2D eigenvalue weighted by atomic mass is 16.7. The van der Waals surface area contributed by atoms with Crippen LogP contribution in [0.1, 0.15) is 11.1 Å². The molecule has 0 unspecified atom stereocenters. The van der Waals surface area contributed by atoms with Crippen LogP contribution >= 0.6 is 0 Å². The van der Waals surface area contributed by atoms with Gasteiger partial charge in [0.05, 0.1) is 19.9 Å². The van der Waals surface area contributed by atoms with Crippen LogP contribution < -0.4 is 18.9 Å². The number of carbonyl (C=O) groups is 1. The Labute approximate surface area is 216 Å².